The second-order valence-electron chi connectivity index (χ2n) is 21.7. The van der Waals surface area contributed by atoms with E-state index in [4.69, 9.17) is 33.7 Å². The molecule has 0 unspecified atom stereocenters. The molecule has 66 heavy (non-hydrogen) atoms. The maximum absolute atomic E-state index is 15.4. The zero-order chi connectivity index (χ0) is 45.3. The van der Waals surface area contributed by atoms with Crippen LogP contribution in [0.5, 0.6) is 0 Å². The van der Waals surface area contributed by atoms with Crippen molar-refractivity contribution in [3.05, 3.63) is 58.2 Å². The van der Waals surface area contributed by atoms with Crippen LogP contribution in [0.15, 0.2) is 41.9 Å². The van der Waals surface area contributed by atoms with Crippen LogP contribution in [0.1, 0.15) is 87.8 Å². The van der Waals surface area contributed by atoms with Crippen molar-refractivity contribution in [2.24, 2.45) is 34.5 Å². The van der Waals surface area contributed by atoms with E-state index in [0.29, 0.717) is 52.2 Å². The lowest BCUT2D eigenvalue weighted by atomic mass is 9.66. The summed E-state index contributed by atoms with van der Waals surface area (Å²) in [6.07, 6.45) is 5.32. The number of hydrogen-bond acceptors (Lipinski definition) is 13. The van der Waals surface area contributed by atoms with Gasteiger partial charge in [0.1, 0.15) is 16.6 Å². The summed E-state index contributed by atoms with van der Waals surface area (Å²) in [5.41, 5.74) is 8.79. The van der Waals surface area contributed by atoms with E-state index in [-0.39, 0.29) is 71.7 Å². The molecule has 2 N–H and O–H groups in total. The topological polar surface area (TPSA) is 159 Å². The van der Waals surface area contributed by atoms with Crippen molar-refractivity contribution >= 4 is 40.0 Å². The molecule has 4 aromatic rings. The fourth-order valence-corrected chi connectivity index (χ4v) is 13.5. The quantitative estimate of drug-likeness (QED) is 0.210. The summed E-state index contributed by atoms with van der Waals surface area (Å²) < 4.78 is 32.3. The molecule has 2 saturated carbocycles. The third-order valence-corrected chi connectivity index (χ3v) is 17.2. The van der Waals surface area contributed by atoms with Crippen LogP contribution in [0, 0.1) is 34.5 Å². The van der Waals surface area contributed by atoms with Crippen LogP contribution in [0.4, 0.5) is 0 Å². The minimum atomic E-state index is -1.04. The lowest BCUT2D eigenvalue weighted by Crippen LogP contribution is -2.76. The minimum absolute atomic E-state index is 0.0270. The number of benzene rings is 1. The van der Waals surface area contributed by atoms with Gasteiger partial charge in [0.05, 0.1) is 74.4 Å². The second kappa shape index (κ2) is 15.9. The average Bonchev–Trinajstić information content (AvgIpc) is 3.69. The van der Waals surface area contributed by atoms with Gasteiger partial charge in [-0.2, -0.15) is 0 Å². The number of esters is 1. The number of thiazole rings is 1. The van der Waals surface area contributed by atoms with E-state index in [0.717, 1.165) is 82.2 Å². The van der Waals surface area contributed by atoms with E-state index < -0.39 is 23.0 Å². The van der Waals surface area contributed by atoms with Gasteiger partial charge in [0.2, 0.25) is 5.91 Å². The number of methoxy groups -OCH3 is 1. The van der Waals surface area contributed by atoms with Crippen LogP contribution >= 0.6 is 11.3 Å². The molecule has 2 aliphatic carbocycles. The molecule has 15 nitrogen and oxygen atoms in total. The lowest BCUT2D eigenvalue weighted by molar-refractivity contribution is -0.204. The Kier molecular flexibility index (Phi) is 10.4. The van der Waals surface area contributed by atoms with E-state index in [9.17, 15) is 9.59 Å². The standard InChI is InChI=1S/C50H61N7O8S/c1-27-38(37-9-7-13-64-37)39(27)44(58)53-41-43(55-22-49(23-55)25-63-26-49)45-52-35(21-66-45)30-10-11-36-33(14-30)34(42(57(36)31-19-62-20-31)32-8-6-12-51-40(32)28(2)61-5)17-48(3,4)24-65-47(60)50-15-29(16-50)18-56(54-50)46(41)59/h6,8,10-12,14,21,27-29,31,37-39,41,43,54H,7,9,13,15-20,22-26H2,1-5H3,(H,53,58)/t27-,28-,29?,37+,38-,39+,41-,43-,50?/m0/s1. The van der Waals surface area contributed by atoms with E-state index in [1.54, 1.807) is 12.1 Å². The fourth-order valence-electron chi connectivity index (χ4n) is 12.5. The molecule has 2 spiro atoms. The van der Waals surface area contributed by atoms with Crippen molar-refractivity contribution in [3.8, 4) is 22.5 Å². The molecule has 10 heterocycles. The number of cyclic esters (lactones) is 1. The monoisotopic (exact) mass is 919 g/mol. The summed E-state index contributed by atoms with van der Waals surface area (Å²) in [5, 5.41) is 8.90. The number of likely N-dealkylation sites (tertiary alicyclic amines) is 1. The van der Waals surface area contributed by atoms with Crippen molar-refractivity contribution in [1.82, 2.24) is 35.2 Å². The molecular weight excluding hydrogens is 859 g/mol. The number of nitrogens with one attached hydrogen (secondary N) is 2. The number of carbonyl (C=O) groups excluding carboxylic acids is 3. The Hall–Kier alpha value is -4.29. The number of amides is 2. The molecule has 0 radical (unpaired) electrons. The first-order chi connectivity index (χ1) is 31.8. The van der Waals surface area contributed by atoms with Crippen LogP contribution in [0.25, 0.3) is 33.4 Å². The first kappa shape index (κ1) is 43.0. The molecule has 7 bridgehead atoms. The molecule has 3 aromatic heterocycles. The highest BCUT2D eigenvalue weighted by atomic mass is 32.1. The zero-order valence-electron chi connectivity index (χ0n) is 38.5. The van der Waals surface area contributed by atoms with Crippen molar-refractivity contribution in [1.29, 1.82) is 0 Å². The van der Waals surface area contributed by atoms with Gasteiger partial charge in [-0.3, -0.25) is 24.5 Å². The number of hydrazine groups is 1. The van der Waals surface area contributed by atoms with Crippen LogP contribution < -0.4 is 10.7 Å². The number of carbonyl (C=O) groups is 3. The van der Waals surface area contributed by atoms with Gasteiger partial charge in [-0.15, -0.1) is 11.3 Å². The molecule has 7 aliphatic heterocycles. The van der Waals surface area contributed by atoms with Crippen molar-refractivity contribution < 1.29 is 38.1 Å². The van der Waals surface area contributed by atoms with Gasteiger partial charge < -0.3 is 33.6 Å². The number of aromatic nitrogens is 3. The number of hydrogen-bond donors (Lipinski definition) is 2. The van der Waals surface area contributed by atoms with Crippen LogP contribution in [0.2, 0.25) is 0 Å². The predicted molar refractivity (Wildman–Crippen MR) is 245 cm³/mol. The summed E-state index contributed by atoms with van der Waals surface area (Å²) in [4.78, 5) is 57.1. The average molecular weight is 920 g/mol. The second-order valence-corrected chi connectivity index (χ2v) is 22.6. The Morgan fingerprint density at radius 3 is 2.62 bits per heavy atom. The van der Waals surface area contributed by atoms with Gasteiger partial charge in [-0.25, -0.2) is 15.2 Å². The zero-order valence-corrected chi connectivity index (χ0v) is 39.4. The van der Waals surface area contributed by atoms with Gasteiger partial charge in [-0.1, -0.05) is 26.8 Å². The highest BCUT2D eigenvalue weighted by Crippen LogP contribution is 2.53. The van der Waals surface area contributed by atoms with Crippen LogP contribution in [-0.4, -0.2) is 126 Å². The first-order valence-electron chi connectivity index (χ1n) is 24.0. The summed E-state index contributed by atoms with van der Waals surface area (Å²) in [6.45, 7) is 13.7. The van der Waals surface area contributed by atoms with Gasteiger partial charge in [-0.05, 0) is 80.7 Å². The van der Waals surface area contributed by atoms with E-state index in [1.807, 2.05) is 19.2 Å². The molecule has 2 amide bonds. The number of ether oxygens (including phenoxy) is 5. The molecule has 1 aromatic carbocycles. The van der Waals surface area contributed by atoms with Gasteiger partial charge in [0.15, 0.2) is 0 Å². The number of fused-ring (bicyclic) bond motifs is 4. The third kappa shape index (κ3) is 6.98. The molecule has 350 valence electrons. The van der Waals surface area contributed by atoms with Crippen molar-refractivity contribution in [3.63, 3.8) is 0 Å². The Balaban J connectivity index is 1.00. The fraction of sp³-hybridized carbons (Fsp3) is 0.620. The van der Waals surface area contributed by atoms with Gasteiger partial charge in [0.25, 0.3) is 5.91 Å². The molecule has 8 fully saturated rings. The summed E-state index contributed by atoms with van der Waals surface area (Å²) >= 11 is 1.53. The Morgan fingerprint density at radius 1 is 1.09 bits per heavy atom. The van der Waals surface area contributed by atoms with E-state index in [1.165, 1.54) is 11.3 Å². The number of rotatable bonds is 8. The predicted octanol–water partition coefficient (Wildman–Crippen LogP) is 5.65. The van der Waals surface area contributed by atoms with Crippen LogP contribution in [-0.2, 0) is 44.5 Å². The Labute approximate surface area is 389 Å². The van der Waals surface area contributed by atoms with Crippen molar-refractivity contribution in [2.45, 2.75) is 95.7 Å². The largest absolute Gasteiger partial charge is 0.464 e. The number of nitrogens with zero attached hydrogens (tertiary/aromatic N) is 5. The lowest BCUT2D eigenvalue weighted by Gasteiger charge is -2.58. The van der Waals surface area contributed by atoms with E-state index >= 15 is 4.79 Å². The minimum Gasteiger partial charge on any atom is -0.464 e. The van der Waals surface area contributed by atoms with E-state index in [2.05, 4.69) is 70.6 Å². The highest BCUT2D eigenvalue weighted by molar-refractivity contribution is 7.10. The molecule has 16 heteroatoms. The maximum Gasteiger partial charge on any atom is 0.328 e. The van der Waals surface area contributed by atoms with Gasteiger partial charge in [0, 0.05) is 89.6 Å². The summed E-state index contributed by atoms with van der Waals surface area (Å²) in [5.74, 6) is -0.608. The third-order valence-electron chi connectivity index (χ3n) is 16.3. The smallest absolute Gasteiger partial charge is 0.328 e. The van der Waals surface area contributed by atoms with Gasteiger partial charge >= 0.3 is 5.97 Å². The Morgan fingerprint density at radius 2 is 1.91 bits per heavy atom. The normalized spacial score (nSPS) is 33.0. The molecule has 9 aliphatic rings. The highest BCUT2D eigenvalue weighted by Gasteiger charge is 2.61. The molecule has 7 atom stereocenters. The summed E-state index contributed by atoms with van der Waals surface area (Å²) in [6, 6.07) is 9.30. The van der Waals surface area contributed by atoms with Crippen LogP contribution in [0.3, 0.4) is 0 Å². The maximum atomic E-state index is 15.4. The summed E-state index contributed by atoms with van der Waals surface area (Å²) in [7, 11) is 1.71. The molecule has 6 saturated heterocycles. The van der Waals surface area contributed by atoms with Crippen molar-refractivity contribution in [2.75, 3.05) is 66.4 Å². The molecular formula is C50H61N7O8S. The Bertz CT molecular complexity index is 2580. The number of pyridine rings is 1. The molecule has 13 rings (SSSR count). The SMILES string of the molecule is CO[C@@H](C)c1ncccc1-c1c2c3cc(ccc3n1C1COC1)-c1csc(n1)[C@@H](N1CC3(COC3)C1)[C@H](NC(=O)[C@@H]1[C@@H](C)[C@H]1[C@H]1CCCO1)C(=O)N1CC3CC(C3)(N1)C(=O)OCC(C)(C)C2. The first-order valence-corrected chi connectivity index (χ1v) is 24.9.